The number of ether oxygens (including phenoxy) is 1. The van der Waals surface area contributed by atoms with Gasteiger partial charge in [0.05, 0.1) is 0 Å². The summed E-state index contributed by atoms with van der Waals surface area (Å²) in [5.74, 6) is 4.05. The lowest BCUT2D eigenvalue weighted by Crippen LogP contribution is -2.63. The first-order valence-corrected chi connectivity index (χ1v) is 16.8. The largest absolute Gasteiger partial charge is 0.462 e. The Morgan fingerprint density at radius 2 is 1.77 bits per heavy atom. The molecule has 1 aliphatic heterocycles. The number of amides is 1. The van der Waals surface area contributed by atoms with Crippen molar-refractivity contribution in [1.29, 1.82) is 0 Å². The Labute approximate surface area is 254 Å². The number of nitrogens with one attached hydrogen (secondary N) is 1. The van der Waals surface area contributed by atoms with Gasteiger partial charge in [-0.2, -0.15) is 0 Å². The number of carbonyl (C=O) groups excluding carboxylic acids is 2. The molecule has 7 heteroatoms. The number of nitrogens with zero attached hydrogens (tertiary/aromatic N) is 1. The molecule has 0 spiro atoms. The van der Waals surface area contributed by atoms with Crippen LogP contribution in [-0.4, -0.2) is 48.4 Å². The molecule has 1 N–H and O–H groups in total. The van der Waals surface area contributed by atoms with E-state index in [1.807, 2.05) is 0 Å². The van der Waals surface area contributed by atoms with Crippen molar-refractivity contribution < 1.29 is 17.2 Å². The fourth-order valence-corrected chi connectivity index (χ4v) is 9.54. The standard InChI is InChI=1S/C33H48Cl2N2O3.2H2/c1-32-16-14-26(22-24(32)8-11-27-28(32)15-17-33(2)29(27)12-13-30(38)36-33)40-31(39)5-3-4-23-6-9-25(10-7-23)37(20-18-34)21-19-35;;/h6-7,9-10,24,26-29H,3-5,8,11-22H2,1-2H3,(H,36,38);2*1H/t24-,26+,27?,28?,29?,32+,33+;;/m1../s1. The Morgan fingerprint density at radius 3 is 2.50 bits per heavy atom. The van der Waals surface area contributed by atoms with Crippen molar-refractivity contribution in [2.45, 2.75) is 103 Å². The predicted octanol–water partition coefficient (Wildman–Crippen LogP) is 7.61. The lowest BCUT2D eigenvalue weighted by atomic mass is 9.45. The average molecular weight is 596 g/mol. The van der Waals surface area contributed by atoms with Gasteiger partial charge in [0.1, 0.15) is 6.10 Å². The Balaban J connectivity index is 0.00000242. The Kier molecular flexibility index (Phi) is 9.62. The smallest absolute Gasteiger partial charge is 0.306 e. The molecule has 3 saturated carbocycles. The number of carbonyl (C=O) groups is 2. The van der Waals surface area contributed by atoms with E-state index < -0.39 is 0 Å². The Morgan fingerprint density at radius 1 is 1.02 bits per heavy atom. The first-order chi connectivity index (χ1) is 19.3. The quantitative estimate of drug-likeness (QED) is 0.224. The average Bonchev–Trinajstić information content (AvgIpc) is 2.93. The van der Waals surface area contributed by atoms with Crippen molar-refractivity contribution in [3.05, 3.63) is 29.8 Å². The maximum atomic E-state index is 12.8. The second kappa shape index (κ2) is 12.8. The molecule has 4 fully saturated rings. The number of hydrogen-bond acceptors (Lipinski definition) is 4. The molecule has 1 amide bonds. The van der Waals surface area contributed by atoms with E-state index in [1.165, 1.54) is 24.8 Å². The maximum Gasteiger partial charge on any atom is 0.306 e. The molecule has 1 heterocycles. The molecular weight excluding hydrogens is 543 g/mol. The zero-order chi connectivity index (χ0) is 28.3. The molecule has 1 saturated heterocycles. The van der Waals surface area contributed by atoms with Crippen LogP contribution in [0, 0.1) is 29.1 Å². The minimum Gasteiger partial charge on any atom is -0.462 e. The highest BCUT2D eigenvalue weighted by atomic mass is 35.5. The Hall–Kier alpha value is -1.46. The predicted molar refractivity (Wildman–Crippen MR) is 167 cm³/mol. The highest BCUT2D eigenvalue weighted by Crippen LogP contribution is 2.62. The van der Waals surface area contributed by atoms with E-state index in [2.05, 4.69) is 48.3 Å². The number of benzene rings is 1. The van der Waals surface area contributed by atoms with E-state index >= 15 is 0 Å². The van der Waals surface area contributed by atoms with Crippen LogP contribution in [0.5, 0.6) is 0 Å². The number of anilines is 1. The summed E-state index contributed by atoms with van der Waals surface area (Å²) < 4.78 is 6.06. The molecule has 3 aliphatic carbocycles. The van der Waals surface area contributed by atoms with E-state index in [9.17, 15) is 9.59 Å². The lowest BCUT2D eigenvalue weighted by Gasteiger charge is -2.62. The van der Waals surface area contributed by atoms with Gasteiger partial charge in [-0.25, -0.2) is 0 Å². The van der Waals surface area contributed by atoms with E-state index in [1.54, 1.807) is 0 Å². The van der Waals surface area contributed by atoms with Crippen molar-refractivity contribution in [2.24, 2.45) is 29.1 Å². The van der Waals surface area contributed by atoms with Crippen molar-refractivity contribution in [3.8, 4) is 0 Å². The molecule has 1 aromatic rings. The first kappa shape index (κ1) is 30.0. The third-order valence-electron chi connectivity index (χ3n) is 11.3. The number of fused-ring (bicyclic) bond motifs is 5. The molecule has 226 valence electrons. The molecule has 5 nitrogen and oxygen atoms in total. The molecule has 40 heavy (non-hydrogen) atoms. The monoisotopic (exact) mass is 594 g/mol. The van der Waals surface area contributed by atoms with Crippen LogP contribution in [0.15, 0.2) is 24.3 Å². The van der Waals surface area contributed by atoms with Crippen molar-refractivity contribution in [2.75, 3.05) is 29.7 Å². The van der Waals surface area contributed by atoms with Gasteiger partial charge in [-0.1, -0.05) is 19.1 Å². The molecule has 0 radical (unpaired) electrons. The van der Waals surface area contributed by atoms with Crippen molar-refractivity contribution >= 4 is 40.8 Å². The molecule has 1 aromatic carbocycles. The summed E-state index contributed by atoms with van der Waals surface area (Å²) in [4.78, 5) is 27.1. The lowest BCUT2D eigenvalue weighted by molar-refractivity contribution is -0.163. The van der Waals surface area contributed by atoms with Crippen LogP contribution in [0.25, 0.3) is 0 Å². The zero-order valence-electron chi connectivity index (χ0n) is 24.4. The van der Waals surface area contributed by atoms with Crippen LogP contribution in [0.1, 0.15) is 92.9 Å². The molecule has 0 aromatic heterocycles. The van der Waals surface area contributed by atoms with E-state index in [4.69, 9.17) is 27.9 Å². The highest BCUT2D eigenvalue weighted by molar-refractivity contribution is 6.18. The summed E-state index contributed by atoms with van der Waals surface area (Å²) >= 11 is 11.9. The van der Waals surface area contributed by atoms with Gasteiger partial charge in [-0.15, -0.1) is 23.2 Å². The van der Waals surface area contributed by atoms with E-state index in [0.717, 1.165) is 75.6 Å². The summed E-state index contributed by atoms with van der Waals surface area (Å²) in [6, 6.07) is 8.53. The van der Waals surface area contributed by atoms with Crippen LogP contribution in [0.3, 0.4) is 0 Å². The normalized spacial score (nSPS) is 35.1. The number of halogens is 2. The van der Waals surface area contributed by atoms with Crippen LogP contribution >= 0.6 is 23.2 Å². The maximum absolute atomic E-state index is 12.8. The van der Waals surface area contributed by atoms with Gasteiger partial charge in [0.2, 0.25) is 5.91 Å². The van der Waals surface area contributed by atoms with Gasteiger partial charge in [-0.3, -0.25) is 9.59 Å². The number of esters is 1. The minimum absolute atomic E-state index is 0. The van der Waals surface area contributed by atoms with E-state index in [-0.39, 0.29) is 26.4 Å². The molecular formula is C33H52Cl2N2O3. The molecule has 5 rings (SSSR count). The number of piperidine rings is 1. The van der Waals surface area contributed by atoms with Gasteiger partial charge in [0.25, 0.3) is 0 Å². The third-order valence-corrected chi connectivity index (χ3v) is 11.6. The van der Waals surface area contributed by atoms with Crippen LogP contribution in [0.4, 0.5) is 5.69 Å². The number of alkyl halides is 2. The molecule has 0 bridgehead atoms. The summed E-state index contributed by atoms with van der Waals surface area (Å²) in [6.07, 6.45) is 11.9. The fraction of sp³-hybridized carbons (Fsp3) is 0.758. The second-order valence-electron chi connectivity index (χ2n) is 13.5. The van der Waals surface area contributed by atoms with Gasteiger partial charge >= 0.3 is 5.97 Å². The van der Waals surface area contributed by atoms with Crippen LogP contribution in [0.2, 0.25) is 0 Å². The van der Waals surface area contributed by atoms with Crippen LogP contribution in [-0.2, 0) is 20.7 Å². The summed E-state index contributed by atoms with van der Waals surface area (Å²) in [5, 5.41) is 3.38. The highest BCUT2D eigenvalue weighted by Gasteiger charge is 2.58. The van der Waals surface area contributed by atoms with Crippen LogP contribution < -0.4 is 10.2 Å². The zero-order valence-corrected chi connectivity index (χ0v) is 25.9. The SMILES string of the molecule is C[C@]12CCC3C(CC[C@@H]4C[C@@H](OC(=O)CCCc5ccc(N(CCCl)CCCl)cc5)CC[C@]34C)C1CCC(=O)N2.[HH].[HH]. The number of hydrogen-bond donors (Lipinski definition) is 1. The number of aryl methyl sites for hydroxylation is 1. The topological polar surface area (TPSA) is 58.6 Å². The molecule has 3 unspecified atom stereocenters. The van der Waals surface area contributed by atoms with Gasteiger partial charge in [-0.05, 0) is 118 Å². The Bertz CT molecular complexity index is 1040. The summed E-state index contributed by atoms with van der Waals surface area (Å²) in [5.41, 5.74) is 2.70. The molecule has 7 atom stereocenters. The summed E-state index contributed by atoms with van der Waals surface area (Å²) in [7, 11) is 0. The first-order valence-electron chi connectivity index (χ1n) is 15.7. The number of rotatable bonds is 10. The molecule has 4 aliphatic rings. The van der Waals surface area contributed by atoms with Gasteiger partial charge in [0.15, 0.2) is 0 Å². The van der Waals surface area contributed by atoms with E-state index in [0.29, 0.717) is 41.9 Å². The van der Waals surface area contributed by atoms with Gasteiger partial charge in [0, 0.05) is 51.8 Å². The summed E-state index contributed by atoms with van der Waals surface area (Å²) in [6.45, 7) is 6.39. The van der Waals surface area contributed by atoms with Gasteiger partial charge < -0.3 is 15.0 Å². The fourth-order valence-electron chi connectivity index (χ4n) is 9.13. The van der Waals surface area contributed by atoms with Crippen molar-refractivity contribution in [1.82, 2.24) is 5.32 Å². The minimum atomic E-state index is -0.0410. The second-order valence-corrected chi connectivity index (χ2v) is 14.2. The van der Waals surface area contributed by atoms with Crippen molar-refractivity contribution in [3.63, 3.8) is 0 Å². The third kappa shape index (κ3) is 6.31.